The summed E-state index contributed by atoms with van der Waals surface area (Å²) >= 11 is 0. The predicted octanol–water partition coefficient (Wildman–Crippen LogP) is 0.863. The number of tetrazole rings is 1. The summed E-state index contributed by atoms with van der Waals surface area (Å²) in [6.07, 6.45) is -4.43. The van der Waals surface area contributed by atoms with Crippen molar-refractivity contribution in [3.63, 3.8) is 0 Å². The zero-order valence-corrected chi connectivity index (χ0v) is 10.3. The van der Waals surface area contributed by atoms with Crippen molar-refractivity contribution in [2.24, 2.45) is 5.41 Å². The van der Waals surface area contributed by atoms with Crippen LogP contribution in [0.5, 0.6) is 0 Å². The minimum absolute atomic E-state index is 0.0403. The van der Waals surface area contributed by atoms with Crippen molar-refractivity contribution in [1.29, 1.82) is 0 Å². The Morgan fingerprint density at radius 2 is 2.05 bits per heavy atom. The molecule has 19 heavy (non-hydrogen) atoms. The standard InChI is InChI=1S/C9H13F3N4O3/c1-8(2,7(17)18)4-16-6(13-14-15-16)3-19-5-9(10,11)12/h3-5H2,1-2H3,(H,17,18). The van der Waals surface area contributed by atoms with Gasteiger partial charge in [0, 0.05) is 0 Å². The third kappa shape index (κ3) is 4.81. The van der Waals surface area contributed by atoms with E-state index >= 15 is 0 Å². The Hall–Kier alpha value is -1.71. The van der Waals surface area contributed by atoms with Crippen molar-refractivity contribution < 1.29 is 27.8 Å². The fourth-order valence-electron chi connectivity index (χ4n) is 1.15. The van der Waals surface area contributed by atoms with E-state index in [9.17, 15) is 18.0 Å². The Bertz CT molecular complexity index is 444. The molecule has 1 heterocycles. The summed E-state index contributed by atoms with van der Waals surface area (Å²) < 4.78 is 41.2. The second-order valence-electron chi connectivity index (χ2n) is 4.55. The van der Waals surface area contributed by atoms with E-state index in [1.165, 1.54) is 13.8 Å². The van der Waals surface area contributed by atoms with Gasteiger partial charge < -0.3 is 9.84 Å². The lowest BCUT2D eigenvalue weighted by Crippen LogP contribution is -2.30. The topological polar surface area (TPSA) is 90.1 Å². The molecule has 1 aromatic heterocycles. The Labute approximate surface area is 106 Å². The Kier molecular flexibility index (Phi) is 4.45. The molecular weight excluding hydrogens is 269 g/mol. The van der Waals surface area contributed by atoms with Gasteiger partial charge in [0.05, 0.1) is 12.0 Å². The number of carboxylic acids is 1. The molecule has 108 valence electrons. The lowest BCUT2D eigenvalue weighted by atomic mass is 9.94. The van der Waals surface area contributed by atoms with Gasteiger partial charge in [-0.25, -0.2) is 4.68 Å². The van der Waals surface area contributed by atoms with E-state index in [2.05, 4.69) is 20.3 Å². The number of hydrogen-bond donors (Lipinski definition) is 1. The molecule has 0 aliphatic rings. The highest BCUT2D eigenvalue weighted by Gasteiger charge is 2.30. The van der Waals surface area contributed by atoms with Gasteiger partial charge in [-0.05, 0) is 24.3 Å². The fourth-order valence-corrected chi connectivity index (χ4v) is 1.15. The predicted molar refractivity (Wildman–Crippen MR) is 54.9 cm³/mol. The lowest BCUT2D eigenvalue weighted by Gasteiger charge is -2.19. The third-order valence-corrected chi connectivity index (χ3v) is 2.23. The summed E-state index contributed by atoms with van der Waals surface area (Å²) in [5.41, 5.74) is -1.14. The molecule has 0 fully saturated rings. The van der Waals surface area contributed by atoms with Crippen molar-refractivity contribution in [3.8, 4) is 0 Å². The van der Waals surface area contributed by atoms with E-state index in [0.717, 1.165) is 4.68 Å². The highest BCUT2D eigenvalue weighted by Crippen LogP contribution is 2.19. The van der Waals surface area contributed by atoms with Gasteiger partial charge in [0.15, 0.2) is 5.82 Å². The summed E-state index contributed by atoms with van der Waals surface area (Å²) in [5, 5.41) is 19.3. The van der Waals surface area contributed by atoms with Gasteiger partial charge in [-0.3, -0.25) is 4.79 Å². The first-order chi connectivity index (χ1) is 8.62. The SMILES string of the molecule is CC(C)(Cn1nnnc1COCC(F)(F)F)C(=O)O. The summed E-state index contributed by atoms with van der Waals surface area (Å²) in [4.78, 5) is 10.9. The molecule has 0 saturated heterocycles. The molecule has 0 bridgehead atoms. The lowest BCUT2D eigenvalue weighted by molar-refractivity contribution is -0.177. The normalized spacial score (nSPS) is 12.7. The van der Waals surface area contributed by atoms with Crippen LogP contribution in [0.1, 0.15) is 19.7 Å². The average Bonchev–Trinajstić information content (AvgIpc) is 2.63. The number of hydrogen-bond acceptors (Lipinski definition) is 5. The number of nitrogens with zero attached hydrogens (tertiary/aromatic N) is 4. The molecule has 1 N–H and O–H groups in total. The smallest absolute Gasteiger partial charge is 0.411 e. The zero-order chi connectivity index (χ0) is 14.7. The van der Waals surface area contributed by atoms with Gasteiger partial charge in [0.2, 0.25) is 0 Å². The van der Waals surface area contributed by atoms with Crippen LogP contribution in [-0.4, -0.2) is 44.1 Å². The molecule has 0 aromatic carbocycles. The Morgan fingerprint density at radius 1 is 1.42 bits per heavy atom. The van der Waals surface area contributed by atoms with Crippen LogP contribution in [0.3, 0.4) is 0 Å². The molecule has 0 radical (unpaired) electrons. The maximum Gasteiger partial charge on any atom is 0.411 e. The first-order valence-electron chi connectivity index (χ1n) is 5.25. The third-order valence-electron chi connectivity index (χ3n) is 2.23. The Balaban J connectivity index is 2.63. The monoisotopic (exact) mass is 282 g/mol. The van der Waals surface area contributed by atoms with Gasteiger partial charge in [-0.15, -0.1) is 5.10 Å². The van der Waals surface area contributed by atoms with Crippen molar-refractivity contribution in [2.45, 2.75) is 33.2 Å². The minimum Gasteiger partial charge on any atom is -0.481 e. The van der Waals surface area contributed by atoms with Crippen LogP contribution in [0, 0.1) is 5.41 Å². The van der Waals surface area contributed by atoms with Crippen LogP contribution in [0.4, 0.5) is 13.2 Å². The molecule has 0 atom stereocenters. The van der Waals surface area contributed by atoms with E-state index in [1.54, 1.807) is 0 Å². The van der Waals surface area contributed by atoms with Crippen molar-refractivity contribution in [3.05, 3.63) is 5.82 Å². The molecule has 10 heteroatoms. The molecular formula is C9H13F3N4O3. The van der Waals surface area contributed by atoms with E-state index < -0.39 is 30.8 Å². The van der Waals surface area contributed by atoms with Crippen molar-refractivity contribution in [1.82, 2.24) is 20.2 Å². The highest BCUT2D eigenvalue weighted by molar-refractivity contribution is 5.73. The van der Waals surface area contributed by atoms with E-state index in [1.807, 2.05) is 0 Å². The van der Waals surface area contributed by atoms with E-state index in [-0.39, 0.29) is 12.4 Å². The van der Waals surface area contributed by atoms with Gasteiger partial charge in [0.1, 0.15) is 13.2 Å². The Morgan fingerprint density at radius 3 is 2.58 bits per heavy atom. The summed E-state index contributed by atoms with van der Waals surface area (Å²) in [6.45, 7) is 0.985. The number of alkyl halides is 3. The second-order valence-corrected chi connectivity index (χ2v) is 4.55. The first kappa shape index (κ1) is 15.3. The quantitative estimate of drug-likeness (QED) is 0.832. The first-order valence-corrected chi connectivity index (χ1v) is 5.25. The van der Waals surface area contributed by atoms with Crippen LogP contribution in [0.2, 0.25) is 0 Å². The molecule has 1 rings (SSSR count). The zero-order valence-electron chi connectivity index (χ0n) is 10.3. The summed E-state index contributed by atoms with van der Waals surface area (Å²) in [5.74, 6) is -1.02. The average molecular weight is 282 g/mol. The van der Waals surface area contributed by atoms with Crippen molar-refractivity contribution in [2.75, 3.05) is 6.61 Å². The van der Waals surface area contributed by atoms with E-state index in [4.69, 9.17) is 5.11 Å². The second kappa shape index (κ2) is 5.51. The fraction of sp³-hybridized carbons (Fsp3) is 0.778. The highest BCUT2D eigenvalue weighted by atomic mass is 19.4. The van der Waals surface area contributed by atoms with Crippen LogP contribution >= 0.6 is 0 Å². The van der Waals surface area contributed by atoms with Crippen LogP contribution in [-0.2, 0) is 22.7 Å². The number of halogens is 3. The maximum atomic E-state index is 11.9. The van der Waals surface area contributed by atoms with Gasteiger partial charge in [0.25, 0.3) is 0 Å². The molecule has 7 nitrogen and oxygen atoms in total. The van der Waals surface area contributed by atoms with Gasteiger partial charge in [-0.2, -0.15) is 13.2 Å². The van der Waals surface area contributed by atoms with E-state index in [0.29, 0.717) is 0 Å². The summed E-state index contributed by atoms with van der Waals surface area (Å²) in [7, 11) is 0. The van der Waals surface area contributed by atoms with Gasteiger partial charge >= 0.3 is 12.1 Å². The number of ether oxygens (including phenoxy) is 1. The molecule has 0 saturated carbocycles. The molecule has 0 unspecified atom stereocenters. The van der Waals surface area contributed by atoms with Crippen LogP contribution in [0.25, 0.3) is 0 Å². The summed E-state index contributed by atoms with van der Waals surface area (Å²) in [6, 6.07) is 0. The number of aromatic nitrogens is 4. The van der Waals surface area contributed by atoms with Crippen LogP contribution in [0.15, 0.2) is 0 Å². The molecule has 1 aromatic rings. The molecule has 0 amide bonds. The van der Waals surface area contributed by atoms with Gasteiger partial charge in [-0.1, -0.05) is 0 Å². The maximum absolute atomic E-state index is 11.9. The number of aliphatic carboxylic acids is 1. The largest absolute Gasteiger partial charge is 0.481 e. The molecule has 0 spiro atoms. The molecule has 0 aliphatic heterocycles. The number of carbonyl (C=O) groups is 1. The van der Waals surface area contributed by atoms with Crippen molar-refractivity contribution >= 4 is 5.97 Å². The minimum atomic E-state index is -4.43. The molecule has 0 aliphatic carbocycles. The number of carboxylic acid groups (broad SMARTS) is 1. The van der Waals surface area contributed by atoms with Crippen LogP contribution < -0.4 is 0 Å². The number of rotatable bonds is 6.